The highest BCUT2D eigenvalue weighted by molar-refractivity contribution is 7.94. The van der Waals surface area contributed by atoms with Crippen LogP contribution in [0.4, 0.5) is 5.69 Å². The molecule has 0 amide bonds. The highest BCUT2D eigenvalue weighted by Crippen LogP contribution is 2.30. The van der Waals surface area contributed by atoms with Crippen molar-refractivity contribution in [1.82, 2.24) is 0 Å². The highest BCUT2D eigenvalue weighted by Gasteiger charge is 2.24. The zero-order valence-electron chi connectivity index (χ0n) is 12.5. The molecule has 1 aromatic carbocycles. The molecule has 0 saturated carbocycles. The lowest BCUT2D eigenvalue weighted by atomic mass is 10.1. The second-order valence-corrected chi connectivity index (χ2v) is 8.42. The van der Waals surface area contributed by atoms with Crippen LogP contribution in [0.2, 0.25) is 0 Å². The Bertz CT molecular complexity index is 809. The quantitative estimate of drug-likeness (QED) is 0.909. The van der Waals surface area contributed by atoms with E-state index in [1.54, 1.807) is 6.07 Å². The molecule has 0 atom stereocenters. The van der Waals surface area contributed by atoms with Crippen molar-refractivity contribution in [2.45, 2.75) is 24.5 Å². The molecule has 2 rings (SSSR count). The Kier molecular flexibility index (Phi) is 4.58. The number of sulfonamides is 1. The fourth-order valence-corrected chi connectivity index (χ4v) is 4.83. The summed E-state index contributed by atoms with van der Waals surface area (Å²) < 4.78 is 26.8. The number of thiophene rings is 1. The average Bonchev–Trinajstić information content (AvgIpc) is 2.89. The molecular weight excluding hydrogens is 322 g/mol. The molecule has 1 aromatic heterocycles. The van der Waals surface area contributed by atoms with E-state index in [2.05, 4.69) is 0 Å². The molecule has 0 spiro atoms. The van der Waals surface area contributed by atoms with E-state index in [9.17, 15) is 13.2 Å². The SMILES string of the molecule is Cc1ccc(C)c(N(C)S(=O)(=O)c2ccc(CC(=O)O)s2)c1. The number of hydrogen-bond donors (Lipinski definition) is 1. The summed E-state index contributed by atoms with van der Waals surface area (Å²) in [6.07, 6.45) is -0.173. The predicted octanol–water partition coefficient (Wildman–Crippen LogP) is 2.82. The predicted molar refractivity (Wildman–Crippen MR) is 87.2 cm³/mol. The Morgan fingerprint density at radius 1 is 1.23 bits per heavy atom. The maximum atomic E-state index is 12.7. The third kappa shape index (κ3) is 3.31. The summed E-state index contributed by atoms with van der Waals surface area (Å²) in [6, 6.07) is 8.62. The van der Waals surface area contributed by atoms with Gasteiger partial charge >= 0.3 is 5.97 Å². The van der Waals surface area contributed by atoms with Gasteiger partial charge in [0.05, 0.1) is 12.1 Å². The smallest absolute Gasteiger partial charge is 0.308 e. The van der Waals surface area contributed by atoms with Gasteiger partial charge in [-0.25, -0.2) is 8.42 Å². The largest absolute Gasteiger partial charge is 0.481 e. The second-order valence-electron chi connectivity index (χ2n) is 5.05. The Hall–Kier alpha value is -1.86. The first-order valence-corrected chi connectivity index (χ1v) is 8.84. The highest BCUT2D eigenvalue weighted by atomic mass is 32.2. The first-order valence-electron chi connectivity index (χ1n) is 6.58. The minimum Gasteiger partial charge on any atom is -0.481 e. The van der Waals surface area contributed by atoms with Crippen molar-refractivity contribution < 1.29 is 18.3 Å². The van der Waals surface area contributed by atoms with E-state index in [1.807, 2.05) is 32.0 Å². The van der Waals surface area contributed by atoms with Crippen LogP contribution in [0.25, 0.3) is 0 Å². The number of nitrogens with zero attached hydrogens (tertiary/aromatic N) is 1. The zero-order valence-corrected chi connectivity index (χ0v) is 14.2. The van der Waals surface area contributed by atoms with Gasteiger partial charge in [-0.1, -0.05) is 12.1 Å². The Balaban J connectivity index is 2.39. The van der Waals surface area contributed by atoms with Crippen molar-refractivity contribution in [1.29, 1.82) is 0 Å². The minimum atomic E-state index is -3.69. The van der Waals surface area contributed by atoms with E-state index in [4.69, 9.17) is 5.11 Å². The third-order valence-corrected chi connectivity index (χ3v) is 6.61. The van der Waals surface area contributed by atoms with Gasteiger partial charge in [0.15, 0.2) is 0 Å². The summed E-state index contributed by atoms with van der Waals surface area (Å²) in [4.78, 5) is 11.2. The van der Waals surface area contributed by atoms with Gasteiger partial charge in [-0.3, -0.25) is 9.10 Å². The standard InChI is InChI=1S/C15H17NO4S2/c1-10-4-5-11(2)13(8-10)16(3)22(19,20)15-7-6-12(21-15)9-14(17)18/h4-8H,9H2,1-3H3,(H,17,18). The van der Waals surface area contributed by atoms with Crippen LogP contribution in [0, 0.1) is 13.8 Å². The zero-order chi connectivity index (χ0) is 16.5. The number of aliphatic carboxylic acids is 1. The van der Waals surface area contributed by atoms with Crippen LogP contribution in [0.5, 0.6) is 0 Å². The van der Waals surface area contributed by atoms with Gasteiger partial charge in [0.25, 0.3) is 10.0 Å². The summed E-state index contributed by atoms with van der Waals surface area (Å²) >= 11 is 0.991. The van der Waals surface area contributed by atoms with Crippen molar-refractivity contribution in [3.8, 4) is 0 Å². The second kappa shape index (κ2) is 6.10. The maximum absolute atomic E-state index is 12.7. The molecule has 0 bridgehead atoms. The van der Waals surface area contributed by atoms with E-state index >= 15 is 0 Å². The molecule has 0 aliphatic carbocycles. The summed E-state index contributed by atoms with van der Waals surface area (Å²) in [5, 5.41) is 8.78. The van der Waals surface area contributed by atoms with Gasteiger partial charge in [-0.15, -0.1) is 11.3 Å². The molecule has 0 unspecified atom stereocenters. The molecule has 118 valence electrons. The number of carboxylic acid groups (broad SMARTS) is 1. The van der Waals surface area contributed by atoms with Crippen LogP contribution in [0.1, 0.15) is 16.0 Å². The Labute approximate surface area is 133 Å². The van der Waals surface area contributed by atoms with Crippen molar-refractivity contribution in [2.75, 3.05) is 11.4 Å². The van der Waals surface area contributed by atoms with E-state index in [0.717, 1.165) is 22.5 Å². The fraction of sp³-hybridized carbons (Fsp3) is 0.267. The number of benzene rings is 1. The van der Waals surface area contributed by atoms with Crippen molar-refractivity contribution in [3.63, 3.8) is 0 Å². The van der Waals surface area contributed by atoms with Crippen LogP contribution in [-0.2, 0) is 21.2 Å². The summed E-state index contributed by atoms with van der Waals surface area (Å²) in [5.41, 5.74) is 2.45. The average molecular weight is 339 g/mol. The van der Waals surface area contributed by atoms with Gasteiger partial charge in [-0.05, 0) is 43.2 Å². The van der Waals surface area contributed by atoms with E-state index in [0.29, 0.717) is 10.6 Å². The van der Waals surface area contributed by atoms with Gasteiger partial charge in [-0.2, -0.15) is 0 Å². The normalized spacial score (nSPS) is 11.4. The van der Waals surface area contributed by atoms with Crippen molar-refractivity contribution in [3.05, 3.63) is 46.3 Å². The first kappa shape index (κ1) is 16.5. The summed E-state index contributed by atoms with van der Waals surface area (Å²) in [7, 11) is -2.18. The number of carbonyl (C=O) groups is 1. The number of aryl methyl sites for hydroxylation is 2. The number of hydrogen-bond acceptors (Lipinski definition) is 4. The van der Waals surface area contributed by atoms with Crippen LogP contribution in [0.3, 0.4) is 0 Å². The van der Waals surface area contributed by atoms with E-state index in [-0.39, 0.29) is 10.6 Å². The van der Waals surface area contributed by atoms with Crippen LogP contribution < -0.4 is 4.31 Å². The molecule has 2 aromatic rings. The first-order chi connectivity index (χ1) is 10.2. The van der Waals surface area contributed by atoms with E-state index < -0.39 is 16.0 Å². The molecular formula is C15H17NO4S2. The molecule has 0 aliphatic heterocycles. The fourth-order valence-electron chi connectivity index (χ4n) is 2.06. The lowest BCUT2D eigenvalue weighted by Gasteiger charge is -2.21. The van der Waals surface area contributed by atoms with Crippen LogP contribution in [-0.4, -0.2) is 26.5 Å². The Morgan fingerprint density at radius 2 is 1.91 bits per heavy atom. The summed E-state index contributed by atoms with van der Waals surface area (Å²) in [5.74, 6) is -0.978. The molecule has 0 saturated heterocycles. The van der Waals surface area contributed by atoms with Gasteiger partial charge < -0.3 is 5.11 Å². The lowest BCUT2D eigenvalue weighted by molar-refractivity contribution is -0.136. The minimum absolute atomic E-state index is 0.146. The summed E-state index contributed by atoms with van der Waals surface area (Å²) in [6.45, 7) is 3.75. The van der Waals surface area contributed by atoms with E-state index in [1.165, 1.54) is 17.4 Å². The molecule has 1 N–H and O–H groups in total. The third-order valence-electron chi connectivity index (χ3n) is 3.28. The molecule has 0 radical (unpaired) electrons. The van der Waals surface area contributed by atoms with Crippen molar-refractivity contribution in [2.24, 2.45) is 0 Å². The molecule has 0 fully saturated rings. The van der Waals surface area contributed by atoms with Crippen molar-refractivity contribution >= 4 is 33.0 Å². The molecule has 0 aliphatic rings. The molecule has 5 nitrogen and oxygen atoms in total. The molecule has 7 heteroatoms. The number of rotatable bonds is 5. The number of carboxylic acids is 1. The molecule has 22 heavy (non-hydrogen) atoms. The monoisotopic (exact) mass is 339 g/mol. The topological polar surface area (TPSA) is 74.7 Å². The number of anilines is 1. The van der Waals surface area contributed by atoms with Crippen LogP contribution in [0.15, 0.2) is 34.5 Å². The maximum Gasteiger partial charge on any atom is 0.308 e. The van der Waals surface area contributed by atoms with Crippen LogP contribution >= 0.6 is 11.3 Å². The Morgan fingerprint density at radius 3 is 2.55 bits per heavy atom. The molecule has 1 heterocycles. The van der Waals surface area contributed by atoms with Gasteiger partial charge in [0.1, 0.15) is 4.21 Å². The lowest BCUT2D eigenvalue weighted by Crippen LogP contribution is -2.26. The van der Waals surface area contributed by atoms with Gasteiger partial charge in [0.2, 0.25) is 0 Å². The van der Waals surface area contributed by atoms with Gasteiger partial charge in [0, 0.05) is 11.9 Å².